The number of hydrogen-bond acceptors (Lipinski definition) is 3. The van der Waals surface area contributed by atoms with Crippen LogP contribution in [0.4, 0.5) is 14.7 Å². The molecular weight excluding hydrogens is 304 g/mol. The molecule has 0 spiro atoms. The van der Waals surface area contributed by atoms with Crippen molar-refractivity contribution >= 4 is 21.9 Å². The van der Waals surface area contributed by atoms with E-state index >= 15 is 0 Å². The molecule has 0 amide bonds. The van der Waals surface area contributed by atoms with Gasteiger partial charge in [-0.05, 0) is 34.0 Å². The number of hydrogen-bond donors (Lipinski definition) is 1. The lowest BCUT2D eigenvalue weighted by Gasteiger charge is -2.05. The fraction of sp³-hybridized carbons (Fsp3) is 0.167. The number of halogens is 3. The number of anilines is 1. The van der Waals surface area contributed by atoms with Gasteiger partial charge in [0.25, 0.3) is 0 Å². The summed E-state index contributed by atoms with van der Waals surface area (Å²) >= 11 is 3.23. The van der Waals surface area contributed by atoms with E-state index in [1.807, 2.05) is 0 Å². The van der Waals surface area contributed by atoms with E-state index in [4.69, 9.17) is 0 Å². The lowest BCUT2D eigenvalue weighted by molar-refractivity contribution is 0.572. The molecule has 2 rings (SSSR count). The molecule has 0 fully saturated rings. The van der Waals surface area contributed by atoms with Crippen LogP contribution in [0.3, 0.4) is 0 Å². The van der Waals surface area contributed by atoms with Crippen LogP contribution in [0.5, 0.6) is 0 Å². The van der Waals surface area contributed by atoms with Gasteiger partial charge in [-0.1, -0.05) is 6.07 Å². The Balaban J connectivity index is 1.90. The molecule has 0 unspecified atom stereocenters. The van der Waals surface area contributed by atoms with Gasteiger partial charge in [0.05, 0.1) is 4.47 Å². The summed E-state index contributed by atoms with van der Waals surface area (Å²) in [5.41, 5.74) is 0.459. The zero-order chi connectivity index (χ0) is 13.0. The highest BCUT2D eigenvalue weighted by atomic mass is 79.9. The summed E-state index contributed by atoms with van der Waals surface area (Å²) in [4.78, 5) is 8.05. The molecule has 1 aromatic carbocycles. The SMILES string of the molecule is Fc1ccc(CCNc2ncc(Br)cn2)c(F)c1. The first-order valence-electron chi connectivity index (χ1n) is 5.30. The second-order valence-electron chi connectivity index (χ2n) is 3.64. The fourth-order valence-corrected chi connectivity index (χ4v) is 1.64. The van der Waals surface area contributed by atoms with Gasteiger partial charge < -0.3 is 5.32 Å². The van der Waals surface area contributed by atoms with Crippen LogP contribution in [-0.4, -0.2) is 16.5 Å². The Kier molecular flexibility index (Phi) is 4.19. The molecule has 1 N–H and O–H groups in total. The molecule has 0 aliphatic rings. The number of benzene rings is 1. The van der Waals surface area contributed by atoms with Gasteiger partial charge in [0.1, 0.15) is 11.6 Å². The molecule has 0 bridgehead atoms. The van der Waals surface area contributed by atoms with Crippen LogP contribution in [0.15, 0.2) is 35.1 Å². The summed E-state index contributed by atoms with van der Waals surface area (Å²) in [7, 11) is 0. The summed E-state index contributed by atoms with van der Waals surface area (Å²) in [6, 6.07) is 3.56. The third kappa shape index (κ3) is 3.46. The van der Waals surface area contributed by atoms with Crippen molar-refractivity contribution in [1.82, 2.24) is 9.97 Å². The van der Waals surface area contributed by atoms with Gasteiger partial charge in [-0.3, -0.25) is 0 Å². The number of nitrogens with zero attached hydrogens (tertiary/aromatic N) is 2. The van der Waals surface area contributed by atoms with E-state index in [2.05, 4.69) is 31.2 Å². The lowest BCUT2D eigenvalue weighted by atomic mass is 10.1. The highest BCUT2D eigenvalue weighted by Gasteiger charge is 2.03. The summed E-state index contributed by atoms with van der Waals surface area (Å²) in [6.45, 7) is 0.476. The summed E-state index contributed by atoms with van der Waals surface area (Å²) < 4.78 is 26.8. The molecule has 1 heterocycles. The van der Waals surface area contributed by atoms with E-state index < -0.39 is 11.6 Å². The van der Waals surface area contributed by atoms with Gasteiger partial charge in [0.15, 0.2) is 0 Å². The first-order valence-corrected chi connectivity index (χ1v) is 6.10. The largest absolute Gasteiger partial charge is 0.354 e. The molecule has 1 aromatic heterocycles. The van der Waals surface area contributed by atoms with Gasteiger partial charge in [-0.25, -0.2) is 18.7 Å². The van der Waals surface area contributed by atoms with Crippen LogP contribution in [0.25, 0.3) is 0 Å². The minimum atomic E-state index is -0.569. The smallest absolute Gasteiger partial charge is 0.222 e. The molecule has 0 saturated carbocycles. The summed E-state index contributed by atoms with van der Waals surface area (Å²) in [5, 5.41) is 2.96. The standard InChI is InChI=1S/C12H10BrF2N3/c13-9-6-17-12(18-7-9)16-4-3-8-1-2-10(14)5-11(8)15/h1-2,5-7H,3-4H2,(H,16,17,18). The Hall–Kier alpha value is -1.56. The number of aromatic nitrogens is 2. The zero-order valence-electron chi connectivity index (χ0n) is 9.33. The van der Waals surface area contributed by atoms with E-state index in [9.17, 15) is 8.78 Å². The van der Waals surface area contributed by atoms with Gasteiger partial charge in [-0.15, -0.1) is 0 Å². The molecule has 18 heavy (non-hydrogen) atoms. The van der Waals surface area contributed by atoms with E-state index in [0.717, 1.165) is 10.5 Å². The van der Waals surface area contributed by atoms with Crippen molar-refractivity contribution in [3.8, 4) is 0 Å². The third-order valence-electron chi connectivity index (χ3n) is 2.31. The van der Waals surface area contributed by atoms with E-state index in [0.29, 0.717) is 24.5 Å². The van der Waals surface area contributed by atoms with E-state index in [1.54, 1.807) is 12.4 Å². The van der Waals surface area contributed by atoms with Crippen LogP contribution in [0, 0.1) is 11.6 Å². The van der Waals surface area contributed by atoms with Crippen molar-refractivity contribution in [2.45, 2.75) is 6.42 Å². The van der Waals surface area contributed by atoms with E-state index in [1.165, 1.54) is 12.1 Å². The minimum Gasteiger partial charge on any atom is -0.354 e. The van der Waals surface area contributed by atoms with Gasteiger partial charge in [-0.2, -0.15) is 0 Å². The Morgan fingerprint density at radius 2 is 1.89 bits per heavy atom. The predicted molar refractivity (Wildman–Crippen MR) is 68.3 cm³/mol. The molecule has 2 aromatic rings. The minimum absolute atomic E-state index is 0.436. The van der Waals surface area contributed by atoms with Gasteiger partial charge >= 0.3 is 0 Å². The summed E-state index contributed by atoms with van der Waals surface area (Å²) in [5.74, 6) is -0.630. The molecule has 94 valence electrons. The second-order valence-corrected chi connectivity index (χ2v) is 4.55. The average Bonchev–Trinajstić information content (AvgIpc) is 2.34. The first kappa shape index (κ1) is 12.9. The maximum Gasteiger partial charge on any atom is 0.222 e. The monoisotopic (exact) mass is 313 g/mol. The predicted octanol–water partition coefficient (Wildman–Crippen LogP) is 3.17. The molecule has 3 nitrogen and oxygen atoms in total. The van der Waals surface area contributed by atoms with Gasteiger partial charge in [0, 0.05) is 25.0 Å². The van der Waals surface area contributed by atoms with E-state index in [-0.39, 0.29) is 0 Å². The molecule has 0 atom stereocenters. The maximum absolute atomic E-state index is 13.3. The topological polar surface area (TPSA) is 37.8 Å². The second kappa shape index (κ2) is 5.86. The van der Waals surface area contributed by atoms with Crippen LogP contribution in [0.2, 0.25) is 0 Å². The van der Waals surface area contributed by atoms with Crippen LogP contribution in [0.1, 0.15) is 5.56 Å². The molecule has 0 aliphatic carbocycles. The highest BCUT2D eigenvalue weighted by Crippen LogP contribution is 2.11. The van der Waals surface area contributed by atoms with Crippen LogP contribution < -0.4 is 5.32 Å². The summed E-state index contributed by atoms with van der Waals surface area (Å²) in [6.07, 6.45) is 3.67. The Bertz CT molecular complexity index is 531. The van der Waals surface area contributed by atoms with Crippen molar-refractivity contribution in [3.05, 3.63) is 52.3 Å². The Morgan fingerprint density at radius 1 is 1.17 bits per heavy atom. The van der Waals surface area contributed by atoms with Gasteiger partial charge in [0.2, 0.25) is 5.95 Å². The van der Waals surface area contributed by atoms with Crippen molar-refractivity contribution in [2.75, 3.05) is 11.9 Å². The Labute approximate surface area is 111 Å². The van der Waals surface area contributed by atoms with Crippen molar-refractivity contribution in [3.63, 3.8) is 0 Å². The molecule has 0 radical (unpaired) electrons. The zero-order valence-corrected chi connectivity index (χ0v) is 10.9. The first-order chi connectivity index (χ1) is 8.65. The molecular formula is C12H10BrF2N3. The van der Waals surface area contributed by atoms with Crippen molar-refractivity contribution in [1.29, 1.82) is 0 Å². The van der Waals surface area contributed by atoms with Crippen LogP contribution in [-0.2, 0) is 6.42 Å². The fourth-order valence-electron chi connectivity index (χ4n) is 1.44. The highest BCUT2D eigenvalue weighted by molar-refractivity contribution is 9.10. The molecule has 0 saturated heterocycles. The molecule has 0 aliphatic heterocycles. The quantitative estimate of drug-likeness (QED) is 0.942. The van der Waals surface area contributed by atoms with Crippen molar-refractivity contribution < 1.29 is 8.78 Å². The number of nitrogens with one attached hydrogen (secondary N) is 1. The lowest BCUT2D eigenvalue weighted by Crippen LogP contribution is -2.08. The normalized spacial score (nSPS) is 10.4. The molecule has 6 heteroatoms. The third-order valence-corrected chi connectivity index (χ3v) is 2.72. The van der Waals surface area contributed by atoms with Crippen LogP contribution >= 0.6 is 15.9 Å². The maximum atomic E-state index is 13.3. The Morgan fingerprint density at radius 3 is 2.56 bits per heavy atom. The average molecular weight is 314 g/mol. The number of rotatable bonds is 4. The van der Waals surface area contributed by atoms with Crippen molar-refractivity contribution in [2.24, 2.45) is 0 Å².